The Kier molecular flexibility index (Phi) is 6.92. The van der Waals surface area contributed by atoms with Crippen LogP contribution in [0.15, 0.2) is 30.3 Å². The summed E-state index contributed by atoms with van der Waals surface area (Å²) in [5.74, 6) is 0. The van der Waals surface area contributed by atoms with Gasteiger partial charge in [0, 0.05) is 6.04 Å². The molecule has 0 aliphatic carbocycles. The number of aryl methyl sites for hydroxylation is 1. The average molecular weight is 244 g/mol. The summed E-state index contributed by atoms with van der Waals surface area (Å²) in [4.78, 5) is 0. The first-order chi connectivity index (χ1) is 5.79. The van der Waals surface area contributed by atoms with Gasteiger partial charge in [-0.2, -0.15) is 0 Å². The average Bonchev–Trinajstić information content (AvgIpc) is 2.05. The molecule has 0 amide bonds. The van der Waals surface area contributed by atoms with Crippen LogP contribution >= 0.6 is 17.0 Å². The van der Waals surface area contributed by atoms with Crippen LogP contribution in [0.3, 0.4) is 0 Å². The van der Waals surface area contributed by atoms with E-state index in [1.807, 2.05) is 0 Å². The van der Waals surface area contributed by atoms with Crippen LogP contribution in [0.2, 0.25) is 0 Å². The number of nitrogens with two attached hydrogens (primary N) is 1. The fraction of sp³-hybridized carbons (Fsp3) is 0.455. The van der Waals surface area contributed by atoms with Crippen LogP contribution in [0.1, 0.15) is 25.3 Å². The predicted octanol–water partition coefficient (Wildman–Crippen LogP) is 2.93. The second-order valence-corrected chi connectivity index (χ2v) is 3.36. The highest BCUT2D eigenvalue weighted by atomic mass is 79.9. The third-order valence-electron chi connectivity index (χ3n) is 1.97. The Morgan fingerprint density at radius 3 is 2.38 bits per heavy atom. The van der Waals surface area contributed by atoms with Gasteiger partial charge in [-0.1, -0.05) is 30.3 Å². The standard InChI is InChI=1S/C11H17N.BrH/c1-10(12)6-5-9-11-7-3-2-4-8-11;/h2-4,7-8,10H,5-6,9,12H2,1H3;1H. The summed E-state index contributed by atoms with van der Waals surface area (Å²) in [5.41, 5.74) is 7.07. The molecule has 1 rings (SSSR count). The summed E-state index contributed by atoms with van der Waals surface area (Å²) in [6.07, 6.45) is 3.47. The minimum atomic E-state index is 0. The second-order valence-electron chi connectivity index (χ2n) is 3.36. The molecule has 1 nitrogen and oxygen atoms in total. The van der Waals surface area contributed by atoms with E-state index in [9.17, 15) is 0 Å². The summed E-state index contributed by atoms with van der Waals surface area (Å²) in [6.45, 7) is 2.06. The van der Waals surface area contributed by atoms with Gasteiger partial charge in [0.25, 0.3) is 0 Å². The van der Waals surface area contributed by atoms with Crippen molar-refractivity contribution in [2.75, 3.05) is 0 Å². The van der Waals surface area contributed by atoms with Gasteiger partial charge in [-0.05, 0) is 31.7 Å². The molecule has 2 N–H and O–H groups in total. The zero-order valence-corrected chi connectivity index (χ0v) is 9.78. The van der Waals surface area contributed by atoms with E-state index in [2.05, 4.69) is 37.3 Å². The van der Waals surface area contributed by atoms with Crippen molar-refractivity contribution in [2.45, 2.75) is 32.2 Å². The highest BCUT2D eigenvalue weighted by molar-refractivity contribution is 8.93. The molecule has 0 saturated carbocycles. The number of rotatable bonds is 4. The summed E-state index contributed by atoms with van der Waals surface area (Å²) >= 11 is 0. The summed E-state index contributed by atoms with van der Waals surface area (Å²) in [5, 5.41) is 0. The molecule has 1 aromatic carbocycles. The number of benzene rings is 1. The van der Waals surface area contributed by atoms with Gasteiger partial charge in [0.2, 0.25) is 0 Å². The topological polar surface area (TPSA) is 26.0 Å². The van der Waals surface area contributed by atoms with Gasteiger partial charge in [0.1, 0.15) is 0 Å². The van der Waals surface area contributed by atoms with E-state index < -0.39 is 0 Å². The lowest BCUT2D eigenvalue weighted by Crippen LogP contribution is -2.14. The molecule has 0 saturated heterocycles. The first-order valence-electron chi connectivity index (χ1n) is 4.58. The molecule has 0 fully saturated rings. The second kappa shape index (κ2) is 7.10. The Hall–Kier alpha value is -0.340. The van der Waals surface area contributed by atoms with Gasteiger partial charge in [-0.15, -0.1) is 17.0 Å². The smallest absolute Gasteiger partial charge is 0.00105 e. The molecular weight excluding hydrogens is 226 g/mol. The monoisotopic (exact) mass is 243 g/mol. The van der Waals surface area contributed by atoms with E-state index in [0.29, 0.717) is 6.04 Å². The Morgan fingerprint density at radius 1 is 1.23 bits per heavy atom. The van der Waals surface area contributed by atoms with Crippen LogP contribution in [-0.4, -0.2) is 6.04 Å². The van der Waals surface area contributed by atoms with Crippen LogP contribution < -0.4 is 5.73 Å². The van der Waals surface area contributed by atoms with Gasteiger partial charge in [0.05, 0.1) is 0 Å². The van der Waals surface area contributed by atoms with Crippen molar-refractivity contribution in [2.24, 2.45) is 5.73 Å². The molecule has 74 valence electrons. The van der Waals surface area contributed by atoms with Crippen LogP contribution in [0.4, 0.5) is 0 Å². The lowest BCUT2D eigenvalue weighted by molar-refractivity contribution is 0.624. The van der Waals surface area contributed by atoms with Gasteiger partial charge in [-0.3, -0.25) is 0 Å². The largest absolute Gasteiger partial charge is 0.328 e. The van der Waals surface area contributed by atoms with Crippen molar-refractivity contribution < 1.29 is 0 Å². The zero-order valence-electron chi connectivity index (χ0n) is 8.07. The van der Waals surface area contributed by atoms with Gasteiger partial charge >= 0.3 is 0 Å². The molecule has 13 heavy (non-hydrogen) atoms. The molecule has 0 bridgehead atoms. The molecule has 2 heteroatoms. The predicted molar refractivity (Wildman–Crippen MR) is 63.4 cm³/mol. The van der Waals surface area contributed by atoms with Crippen molar-refractivity contribution in [1.82, 2.24) is 0 Å². The maximum Gasteiger partial charge on any atom is 0.00105 e. The van der Waals surface area contributed by atoms with Gasteiger partial charge in [-0.25, -0.2) is 0 Å². The maximum atomic E-state index is 5.66. The first-order valence-corrected chi connectivity index (χ1v) is 4.58. The highest BCUT2D eigenvalue weighted by Crippen LogP contribution is 2.05. The molecule has 0 spiro atoms. The summed E-state index contributed by atoms with van der Waals surface area (Å²) in [7, 11) is 0. The van der Waals surface area contributed by atoms with E-state index in [4.69, 9.17) is 5.73 Å². The minimum Gasteiger partial charge on any atom is -0.328 e. The molecule has 0 aromatic heterocycles. The normalized spacial score (nSPS) is 11.8. The van der Waals surface area contributed by atoms with Crippen molar-refractivity contribution in [3.63, 3.8) is 0 Å². The van der Waals surface area contributed by atoms with E-state index in [1.165, 1.54) is 12.0 Å². The van der Waals surface area contributed by atoms with Crippen LogP contribution in [0.25, 0.3) is 0 Å². The molecule has 0 heterocycles. The van der Waals surface area contributed by atoms with E-state index >= 15 is 0 Å². The molecule has 1 aromatic rings. The lowest BCUT2D eigenvalue weighted by atomic mass is 10.1. The molecule has 0 aliphatic heterocycles. The minimum absolute atomic E-state index is 0. The number of hydrogen-bond donors (Lipinski definition) is 1. The fourth-order valence-corrected chi connectivity index (χ4v) is 1.27. The van der Waals surface area contributed by atoms with Crippen LogP contribution in [-0.2, 0) is 6.42 Å². The lowest BCUT2D eigenvalue weighted by Gasteiger charge is -2.03. The van der Waals surface area contributed by atoms with Crippen LogP contribution in [0, 0.1) is 0 Å². The quantitative estimate of drug-likeness (QED) is 0.865. The van der Waals surface area contributed by atoms with Gasteiger partial charge in [0.15, 0.2) is 0 Å². The third-order valence-corrected chi connectivity index (χ3v) is 1.97. The highest BCUT2D eigenvalue weighted by Gasteiger charge is 1.94. The Morgan fingerprint density at radius 2 is 1.85 bits per heavy atom. The molecular formula is C11H18BrN. The Balaban J connectivity index is 0.00000144. The van der Waals surface area contributed by atoms with Crippen molar-refractivity contribution >= 4 is 17.0 Å². The Labute approximate surface area is 91.1 Å². The fourth-order valence-electron chi connectivity index (χ4n) is 1.27. The molecule has 1 atom stereocenters. The maximum absolute atomic E-state index is 5.66. The Bertz CT molecular complexity index is 209. The molecule has 1 unspecified atom stereocenters. The van der Waals surface area contributed by atoms with E-state index in [0.717, 1.165) is 12.8 Å². The first kappa shape index (κ1) is 12.7. The summed E-state index contributed by atoms with van der Waals surface area (Å²) in [6, 6.07) is 10.9. The van der Waals surface area contributed by atoms with E-state index in [1.54, 1.807) is 0 Å². The number of halogens is 1. The summed E-state index contributed by atoms with van der Waals surface area (Å²) < 4.78 is 0. The van der Waals surface area contributed by atoms with Crippen molar-refractivity contribution in [1.29, 1.82) is 0 Å². The van der Waals surface area contributed by atoms with Crippen molar-refractivity contribution in [3.8, 4) is 0 Å². The number of hydrogen-bond acceptors (Lipinski definition) is 1. The molecule has 0 radical (unpaired) electrons. The van der Waals surface area contributed by atoms with E-state index in [-0.39, 0.29) is 17.0 Å². The third kappa shape index (κ3) is 5.83. The molecule has 0 aliphatic rings. The van der Waals surface area contributed by atoms with Gasteiger partial charge < -0.3 is 5.73 Å². The zero-order chi connectivity index (χ0) is 8.81. The van der Waals surface area contributed by atoms with Crippen molar-refractivity contribution in [3.05, 3.63) is 35.9 Å². The SMILES string of the molecule is Br.CC(N)CCCc1ccccc1. The van der Waals surface area contributed by atoms with Crippen LogP contribution in [0.5, 0.6) is 0 Å².